The molecule has 194 valence electrons. The van der Waals surface area contributed by atoms with E-state index in [0.717, 1.165) is 29.1 Å². The number of nitrogens with zero attached hydrogens (tertiary/aromatic N) is 4. The number of nitrogens with one attached hydrogen (secondary N) is 1. The number of pyridine rings is 2. The fraction of sp³-hybridized carbons (Fsp3) is 0.423. The molecule has 1 aliphatic heterocycles. The first-order valence-electron chi connectivity index (χ1n) is 12.1. The van der Waals surface area contributed by atoms with Gasteiger partial charge in [-0.25, -0.2) is 9.97 Å². The van der Waals surface area contributed by atoms with Crippen molar-refractivity contribution >= 4 is 39.9 Å². The third-order valence-corrected chi connectivity index (χ3v) is 7.73. The van der Waals surface area contributed by atoms with Crippen molar-refractivity contribution in [2.75, 3.05) is 12.4 Å². The molecule has 0 radical (unpaired) electrons. The zero-order chi connectivity index (χ0) is 26.3. The first-order valence-corrected chi connectivity index (χ1v) is 13.3. The van der Waals surface area contributed by atoms with Crippen LogP contribution < -0.4 is 10.1 Å². The SMILES string of the molecule is COc1cnc(Cl)cc1-c1cc(C)ncc1C(=O)Nc1nc2c(s1)CN(C(=O)[C@H]1C[C@H](OC(C)C)C1)C2. The molecule has 3 aromatic rings. The summed E-state index contributed by atoms with van der Waals surface area (Å²) in [6.45, 7) is 6.84. The van der Waals surface area contributed by atoms with Crippen LogP contribution in [0.4, 0.5) is 5.13 Å². The Kier molecular flexibility index (Phi) is 7.15. The van der Waals surface area contributed by atoms with Gasteiger partial charge in [-0.2, -0.15) is 0 Å². The molecule has 1 aliphatic carbocycles. The molecule has 0 bridgehead atoms. The summed E-state index contributed by atoms with van der Waals surface area (Å²) in [6.07, 6.45) is 4.95. The van der Waals surface area contributed by atoms with Crippen LogP contribution in [-0.2, 0) is 22.6 Å². The molecule has 11 heteroatoms. The summed E-state index contributed by atoms with van der Waals surface area (Å²) < 4.78 is 11.2. The molecule has 0 spiro atoms. The van der Waals surface area contributed by atoms with Gasteiger partial charge in [0.05, 0.1) is 54.7 Å². The van der Waals surface area contributed by atoms with Crippen molar-refractivity contribution in [3.63, 3.8) is 0 Å². The summed E-state index contributed by atoms with van der Waals surface area (Å²) in [7, 11) is 1.54. The number of rotatable bonds is 7. The van der Waals surface area contributed by atoms with Gasteiger partial charge in [0.2, 0.25) is 5.91 Å². The van der Waals surface area contributed by atoms with Gasteiger partial charge in [-0.3, -0.25) is 19.9 Å². The predicted octanol–water partition coefficient (Wildman–Crippen LogP) is 4.87. The predicted molar refractivity (Wildman–Crippen MR) is 141 cm³/mol. The van der Waals surface area contributed by atoms with Crippen LogP contribution in [0.1, 0.15) is 53.3 Å². The molecule has 9 nitrogen and oxygen atoms in total. The fourth-order valence-corrected chi connectivity index (χ4v) is 5.83. The Labute approximate surface area is 224 Å². The molecule has 0 aromatic carbocycles. The molecule has 1 fully saturated rings. The van der Waals surface area contributed by atoms with E-state index in [2.05, 4.69) is 20.3 Å². The van der Waals surface area contributed by atoms with Gasteiger partial charge in [-0.05, 0) is 45.7 Å². The van der Waals surface area contributed by atoms with Crippen molar-refractivity contribution in [1.82, 2.24) is 19.9 Å². The topological polar surface area (TPSA) is 107 Å². The lowest BCUT2D eigenvalue weighted by Gasteiger charge is -2.37. The van der Waals surface area contributed by atoms with Gasteiger partial charge in [-0.15, -0.1) is 0 Å². The lowest BCUT2D eigenvalue weighted by Crippen LogP contribution is -2.43. The van der Waals surface area contributed by atoms with Gasteiger partial charge < -0.3 is 14.4 Å². The second-order valence-corrected chi connectivity index (χ2v) is 11.1. The summed E-state index contributed by atoms with van der Waals surface area (Å²) in [5.41, 5.74) is 3.21. The van der Waals surface area contributed by atoms with E-state index in [1.54, 1.807) is 6.07 Å². The summed E-state index contributed by atoms with van der Waals surface area (Å²) in [6, 6.07) is 3.47. The minimum absolute atomic E-state index is 0.0167. The van der Waals surface area contributed by atoms with Crippen LogP contribution >= 0.6 is 22.9 Å². The number of hydrogen-bond donors (Lipinski definition) is 1. The fourth-order valence-electron chi connectivity index (χ4n) is 4.69. The number of hydrogen-bond acceptors (Lipinski definition) is 8. The largest absolute Gasteiger partial charge is 0.494 e. The lowest BCUT2D eigenvalue weighted by atomic mass is 9.81. The highest BCUT2D eigenvalue weighted by Gasteiger charge is 2.40. The summed E-state index contributed by atoms with van der Waals surface area (Å²) >= 11 is 7.53. The zero-order valence-electron chi connectivity index (χ0n) is 21.1. The van der Waals surface area contributed by atoms with Gasteiger partial charge in [-0.1, -0.05) is 22.9 Å². The molecule has 1 N–H and O–H groups in total. The van der Waals surface area contributed by atoms with Crippen molar-refractivity contribution in [3.8, 4) is 16.9 Å². The second-order valence-electron chi connectivity index (χ2n) is 9.59. The van der Waals surface area contributed by atoms with E-state index in [-0.39, 0.29) is 35.1 Å². The number of anilines is 1. The van der Waals surface area contributed by atoms with E-state index in [1.807, 2.05) is 31.7 Å². The Morgan fingerprint density at radius 2 is 1.95 bits per heavy atom. The quantitative estimate of drug-likeness (QED) is 0.425. The number of carbonyl (C=O) groups is 2. The highest BCUT2D eigenvalue weighted by atomic mass is 35.5. The summed E-state index contributed by atoms with van der Waals surface area (Å²) in [4.78, 5) is 42.0. The van der Waals surface area contributed by atoms with E-state index in [0.29, 0.717) is 40.7 Å². The highest BCUT2D eigenvalue weighted by Crippen LogP contribution is 2.38. The number of amides is 2. The van der Waals surface area contributed by atoms with Crippen LogP contribution in [0.2, 0.25) is 5.15 Å². The molecule has 37 heavy (non-hydrogen) atoms. The highest BCUT2D eigenvalue weighted by molar-refractivity contribution is 7.16. The van der Waals surface area contributed by atoms with Crippen LogP contribution in [0, 0.1) is 12.8 Å². The average Bonchev–Trinajstić information content (AvgIpc) is 3.39. The van der Waals surface area contributed by atoms with Crippen LogP contribution in [0.3, 0.4) is 0 Å². The maximum atomic E-state index is 13.3. The van der Waals surface area contributed by atoms with Gasteiger partial charge in [0.15, 0.2) is 5.13 Å². The number of carbonyl (C=O) groups excluding carboxylic acids is 2. The van der Waals surface area contributed by atoms with Crippen molar-refractivity contribution in [3.05, 3.63) is 51.5 Å². The van der Waals surface area contributed by atoms with Gasteiger partial charge in [0.25, 0.3) is 5.91 Å². The smallest absolute Gasteiger partial charge is 0.259 e. The molecule has 2 aliphatic rings. The number of aryl methyl sites for hydroxylation is 1. The number of aromatic nitrogens is 3. The molecule has 1 saturated carbocycles. The van der Waals surface area contributed by atoms with Crippen LogP contribution in [-0.4, -0.2) is 51.0 Å². The van der Waals surface area contributed by atoms with E-state index >= 15 is 0 Å². The Morgan fingerprint density at radius 3 is 2.65 bits per heavy atom. The standard InChI is InChI=1S/C26H28ClN5O4S/c1-13(2)36-16-6-15(7-16)25(34)32-11-20-22(12-32)37-26(30-20)31-24(33)19-9-28-14(3)5-17(19)18-8-23(27)29-10-21(18)35-4/h5,8-10,13,15-16H,6-7,11-12H2,1-4H3,(H,30,31,33)/t15-,16-. The molecule has 3 aromatic heterocycles. The zero-order valence-corrected chi connectivity index (χ0v) is 22.7. The van der Waals surface area contributed by atoms with E-state index in [9.17, 15) is 9.59 Å². The van der Waals surface area contributed by atoms with Gasteiger partial charge in [0, 0.05) is 28.9 Å². The van der Waals surface area contributed by atoms with Crippen LogP contribution in [0.25, 0.3) is 11.1 Å². The molecule has 2 amide bonds. The number of methoxy groups -OCH3 is 1. The lowest BCUT2D eigenvalue weighted by molar-refractivity contribution is -0.147. The minimum Gasteiger partial charge on any atom is -0.494 e. The maximum absolute atomic E-state index is 13.3. The molecular formula is C26H28ClN5O4S. The number of ether oxygens (including phenoxy) is 2. The summed E-state index contributed by atoms with van der Waals surface area (Å²) in [5, 5.41) is 3.68. The number of halogens is 1. The molecule has 5 rings (SSSR count). The third-order valence-electron chi connectivity index (χ3n) is 6.52. The minimum atomic E-state index is -0.344. The van der Waals surface area contributed by atoms with E-state index in [1.165, 1.54) is 30.8 Å². The number of thiazole rings is 1. The van der Waals surface area contributed by atoms with Crippen molar-refractivity contribution in [1.29, 1.82) is 0 Å². The van der Waals surface area contributed by atoms with Crippen LogP contribution in [0.5, 0.6) is 5.75 Å². The average molecular weight is 542 g/mol. The van der Waals surface area contributed by atoms with Gasteiger partial charge >= 0.3 is 0 Å². The van der Waals surface area contributed by atoms with Crippen molar-refractivity contribution < 1.29 is 19.1 Å². The Morgan fingerprint density at radius 1 is 1.16 bits per heavy atom. The first-order chi connectivity index (χ1) is 17.7. The third kappa shape index (κ3) is 5.32. The summed E-state index contributed by atoms with van der Waals surface area (Å²) in [5.74, 6) is 0.321. The van der Waals surface area contributed by atoms with Crippen LogP contribution in [0.15, 0.2) is 24.5 Å². The van der Waals surface area contributed by atoms with Crippen molar-refractivity contribution in [2.24, 2.45) is 5.92 Å². The monoisotopic (exact) mass is 541 g/mol. The molecular weight excluding hydrogens is 514 g/mol. The maximum Gasteiger partial charge on any atom is 0.259 e. The number of fused-ring (bicyclic) bond motifs is 1. The molecule has 0 atom stereocenters. The van der Waals surface area contributed by atoms with E-state index < -0.39 is 0 Å². The Hall–Kier alpha value is -3.08. The van der Waals surface area contributed by atoms with Gasteiger partial charge in [0.1, 0.15) is 10.9 Å². The Balaban J connectivity index is 1.27. The first kappa shape index (κ1) is 25.6. The van der Waals surface area contributed by atoms with Crippen molar-refractivity contribution in [2.45, 2.75) is 58.9 Å². The molecule has 4 heterocycles. The molecule has 0 saturated heterocycles. The second kappa shape index (κ2) is 10.4. The van der Waals surface area contributed by atoms with E-state index in [4.69, 9.17) is 21.1 Å². The Bertz CT molecular complexity index is 1330. The molecule has 0 unspecified atom stereocenters. The normalized spacial score (nSPS) is 18.5.